The molecular weight excluding hydrogens is 422 g/mol. The number of thiophene rings is 1. The number of anilines is 1. The van der Waals surface area contributed by atoms with Gasteiger partial charge in [0.15, 0.2) is 5.65 Å². The van der Waals surface area contributed by atoms with Gasteiger partial charge in [0.2, 0.25) is 5.91 Å². The van der Waals surface area contributed by atoms with Crippen molar-refractivity contribution in [1.29, 1.82) is 0 Å². The van der Waals surface area contributed by atoms with Crippen LogP contribution >= 0.6 is 11.3 Å². The Morgan fingerprint density at radius 2 is 2.06 bits per heavy atom. The Kier molecular flexibility index (Phi) is 5.18. The van der Waals surface area contributed by atoms with Gasteiger partial charge in [0.05, 0.1) is 26.9 Å². The van der Waals surface area contributed by atoms with Crippen LogP contribution in [-0.2, 0) is 4.79 Å². The van der Waals surface area contributed by atoms with Crippen molar-refractivity contribution in [3.8, 4) is 21.1 Å². The molecule has 1 atom stereocenters. The average Bonchev–Trinajstić information content (AvgIpc) is 3.45. The number of pyridine rings is 1. The Bertz CT molecular complexity index is 1310. The minimum atomic E-state index is -0.0611. The molecule has 162 valence electrons. The summed E-state index contributed by atoms with van der Waals surface area (Å²) >= 11 is 1.61. The molecule has 0 bridgehead atoms. The number of nitrogens with zero attached hydrogens (tertiary/aromatic N) is 6. The van der Waals surface area contributed by atoms with E-state index in [0.717, 1.165) is 51.5 Å². The first kappa shape index (κ1) is 20.3. The molecule has 1 aliphatic heterocycles. The highest BCUT2D eigenvalue weighted by Gasteiger charge is 2.28. The van der Waals surface area contributed by atoms with Crippen LogP contribution in [0.4, 0.5) is 5.82 Å². The molecule has 2 N–H and O–H groups in total. The molecule has 9 heteroatoms. The van der Waals surface area contributed by atoms with Crippen LogP contribution in [-0.4, -0.2) is 48.6 Å². The maximum absolute atomic E-state index is 12.2. The Morgan fingerprint density at radius 1 is 1.22 bits per heavy atom. The molecular formula is C23H23N7OS. The number of hydrogen-bond donors (Lipinski definition) is 1. The number of carbonyl (C=O) groups is 1. The number of amides is 1. The second-order valence-electron chi connectivity index (χ2n) is 7.92. The summed E-state index contributed by atoms with van der Waals surface area (Å²) in [5, 5.41) is 5.69. The number of rotatable bonds is 4. The number of aromatic nitrogens is 5. The molecule has 5 rings (SSSR count). The lowest BCUT2D eigenvalue weighted by atomic mass is 10.1. The molecule has 1 fully saturated rings. The molecule has 4 aromatic heterocycles. The van der Waals surface area contributed by atoms with E-state index in [-0.39, 0.29) is 11.9 Å². The number of nitrogen functional groups attached to an aromatic ring is 1. The van der Waals surface area contributed by atoms with Crippen molar-refractivity contribution in [2.45, 2.75) is 25.8 Å². The SMILES string of the molecule is C=CC(=O)N1CCC[C@@H](n2nc(-c3ccc(-c4ccc(C)cn4)s3)c3c(N)ncnc32)C1. The molecule has 1 aliphatic rings. The number of hydrogen-bond acceptors (Lipinski definition) is 7. The van der Waals surface area contributed by atoms with Gasteiger partial charge in [0, 0.05) is 19.3 Å². The first-order valence-corrected chi connectivity index (χ1v) is 11.3. The molecule has 0 saturated carbocycles. The van der Waals surface area contributed by atoms with E-state index in [0.29, 0.717) is 18.0 Å². The van der Waals surface area contributed by atoms with E-state index in [1.54, 1.807) is 11.3 Å². The smallest absolute Gasteiger partial charge is 0.246 e. The second-order valence-corrected chi connectivity index (χ2v) is 9.00. The lowest BCUT2D eigenvalue weighted by molar-refractivity contribution is -0.127. The van der Waals surface area contributed by atoms with Crippen LogP contribution in [0.3, 0.4) is 0 Å². The zero-order valence-corrected chi connectivity index (χ0v) is 18.5. The predicted molar refractivity (Wildman–Crippen MR) is 126 cm³/mol. The molecule has 4 aromatic rings. The maximum atomic E-state index is 12.2. The highest BCUT2D eigenvalue weighted by atomic mass is 32.1. The molecule has 1 amide bonds. The quantitative estimate of drug-likeness (QED) is 0.479. The van der Waals surface area contributed by atoms with Crippen molar-refractivity contribution < 1.29 is 4.79 Å². The van der Waals surface area contributed by atoms with Gasteiger partial charge in [0.1, 0.15) is 17.8 Å². The van der Waals surface area contributed by atoms with Crippen LogP contribution in [0.2, 0.25) is 0 Å². The Labute approximate surface area is 189 Å². The second kappa shape index (κ2) is 8.16. The molecule has 0 aromatic carbocycles. The number of nitrogens with two attached hydrogens (primary N) is 1. The minimum Gasteiger partial charge on any atom is -0.383 e. The molecule has 0 radical (unpaired) electrons. The fourth-order valence-corrected chi connectivity index (χ4v) is 5.10. The minimum absolute atomic E-state index is 0.0106. The van der Waals surface area contributed by atoms with E-state index >= 15 is 0 Å². The van der Waals surface area contributed by atoms with Gasteiger partial charge in [-0.15, -0.1) is 11.3 Å². The summed E-state index contributed by atoms with van der Waals surface area (Å²) < 4.78 is 1.91. The van der Waals surface area contributed by atoms with Gasteiger partial charge in [-0.25, -0.2) is 14.6 Å². The predicted octanol–water partition coefficient (Wildman–Crippen LogP) is 3.86. The third kappa shape index (κ3) is 3.54. The van der Waals surface area contributed by atoms with Crippen LogP contribution in [0.25, 0.3) is 32.2 Å². The highest BCUT2D eigenvalue weighted by molar-refractivity contribution is 7.18. The lowest BCUT2D eigenvalue weighted by Crippen LogP contribution is -2.40. The van der Waals surface area contributed by atoms with E-state index in [9.17, 15) is 4.79 Å². The summed E-state index contributed by atoms with van der Waals surface area (Å²) in [6.45, 7) is 6.93. The van der Waals surface area contributed by atoms with Crippen LogP contribution in [0.5, 0.6) is 0 Å². The molecule has 0 unspecified atom stereocenters. The van der Waals surface area contributed by atoms with Crippen molar-refractivity contribution >= 4 is 34.1 Å². The van der Waals surface area contributed by atoms with Gasteiger partial charge in [0.25, 0.3) is 0 Å². The summed E-state index contributed by atoms with van der Waals surface area (Å²) in [4.78, 5) is 29.3. The first-order chi connectivity index (χ1) is 15.5. The zero-order valence-electron chi connectivity index (χ0n) is 17.7. The van der Waals surface area contributed by atoms with E-state index < -0.39 is 0 Å². The highest BCUT2D eigenvalue weighted by Crippen LogP contribution is 2.39. The van der Waals surface area contributed by atoms with Gasteiger partial charge in [-0.3, -0.25) is 9.78 Å². The van der Waals surface area contributed by atoms with Crippen molar-refractivity contribution in [1.82, 2.24) is 29.6 Å². The standard InChI is InChI=1S/C23H23N7OS/c1-3-19(31)29-10-4-5-15(12-29)30-23-20(22(24)26-13-27-23)21(28-30)18-9-8-17(32-18)16-7-6-14(2)11-25-16/h3,6-9,11,13,15H,1,4-5,10,12H2,2H3,(H2,24,26,27)/t15-/m1/s1. The third-order valence-electron chi connectivity index (χ3n) is 5.75. The first-order valence-electron chi connectivity index (χ1n) is 10.5. The van der Waals surface area contributed by atoms with Crippen molar-refractivity contribution in [3.63, 3.8) is 0 Å². The summed E-state index contributed by atoms with van der Waals surface area (Å²) in [6.07, 6.45) is 6.49. The monoisotopic (exact) mass is 445 g/mol. The van der Waals surface area contributed by atoms with Crippen molar-refractivity contribution in [3.05, 3.63) is 55.0 Å². The molecule has 0 spiro atoms. The zero-order chi connectivity index (χ0) is 22.2. The van der Waals surface area contributed by atoms with E-state index in [1.165, 1.54) is 12.4 Å². The summed E-state index contributed by atoms with van der Waals surface area (Å²) in [5.74, 6) is 0.337. The topological polar surface area (TPSA) is 103 Å². The number of carbonyl (C=O) groups excluding carboxylic acids is 1. The summed E-state index contributed by atoms with van der Waals surface area (Å²) in [7, 11) is 0. The molecule has 0 aliphatic carbocycles. The van der Waals surface area contributed by atoms with Gasteiger partial charge >= 0.3 is 0 Å². The fraction of sp³-hybridized carbons (Fsp3) is 0.261. The number of piperidine rings is 1. The van der Waals surface area contributed by atoms with Gasteiger partial charge in [-0.2, -0.15) is 5.10 Å². The Morgan fingerprint density at radius 3 is 2.84 bits per heavy atom. The third-order valence-corrected chi connectivity index (χ3v) is 6.86. The fourth-order valence-electron chi connectivity index (χ4n) is 4.12. The summed E-state index contributed by atoms with van der Waals surface area (Å²) in [6, 6.07) is 8.17. The average molecular weight is 446 g/mol. The van der Waals surface area contributed by atoms with Crippen LogP contribution in [0, 0.1) is 6.92 Å². The molecule has 8 nitrogen and oxygen atoms in total. The molecule has 1 saturated heterocycles. The van der Waals surface area contributed by atoms with Crippen LogP contribution in [0.1, 0.15) is 24.4 Å². The van der Waals surface area contributed by atoms with Crippen molar-refractivity contribution in [2.75, 3.05) is 18.8 Å². The van der Waals surface area contributed by atoms with Gasteiger partial charge in [-0.05, 0) is 49.6 Å². The normalized spacial score (nSPS) is 16.4. The Balaban J connectivity index is 1.57. The van der Waals surface area contributed by atoms with E-state index in [2.05, 4.69) is 27.6 Å². The lowest BCUT2D eigenvalue weighted by Gasteiger charge is -2.32. The molecule has 5 heterocycles. The van der Waals surface area contributed by atoms with Crippen LogP contribution in [0.15, 0.2) is 49.4 Å². The number of aryl methyl sites for hydroxylation is 1. The van der Waals surface area contributed by atoms with Crippen molar-refractivity contribution in [2.24, 2.45) is 0 Å². The van der Waals surface area contributed by atoms with Gasteiger partial charge < -0.3 is 10.6 Å². The number of fused-ring (bicyclic) bond motifs is 1. The molecule has 32 heavy (non-hydrogen) atoms. The van der Waals surface area contributed by atoms with E-state index in [4.69, 9.17) is 10.8 Å². The maximum Gasteiger partial charge on any atom is 0.246 e. The summed E-state index contributed by atoms with van der Waals surface area (Å²) in [5.41, 5.74) is 9.77. The number of likely N-dealkylation sites (tertiary alicyclic amines) is 1. The van der Waals surface area contributed by atoms with E-state index in [1.807, 2.05) is 40.9 Å². The largest absolute Gasteiger partial charge is 0.383 e. The Hall–Kier alpha value is -3.59. The van der Waals surface area contributed by atoms with Gasteiger partial charge in [-0.1, -0.05) is 12.6 Å². The van der Waals surface area contributed by atoms with Crippen LogP contribution < -0.4 is 5.73 Å².